The molecule has 0 spiro atoms. The van der Waals surface area contributed by atoms with Gasteiger partial charge in [0.05, 0.1) is 12.1 Å². The number of carbonyl (C=O) groups excluding carboxylic acids is 1. The van der Waals surface area contributed by atoms with Gasteiger partial charge < -0.3 is 15.0 Å². The molecule has 0 radical (unpaired) electrons. The lowest BCUT2D eigenvalue weighted by atomic mass is 10.1. The summed E-state index contributed by atoms with van der Waals surface area (Å²) < 4.78 is 15.2. The number of benzene rings is 1. The van der Waals surface area contributed by atoms with Crippen molar-refractivity contribution >= 4 is 16.8 Å². The number of amides is 1. The summed E-state index contributed by atoms with van der Waals surface area (Å²) in [6.07, 6.45) is 3.53. The fraction of sp³-hybridized carbons (Fsp3) is 0.526. The number of nitrogens with zero attached hydrogens (tertiary/aromatic N) is 2. The average Bonchev–Trinajstić information content (AvgIpc) is 3.29. The van der Waals surface area contributed by atoms with Crippen LogP contribution in [0.3, 0.4) is 0 Å². The second kappa shape index (κ2) is 6.42. The van der Waals surface area contributed by atoms with E-state index >= 15 is 0 Å². The molecule has 134 valence electrons. The fourth-order valence-corrected chi connectivity index (χ4v) is 4.37. The number of fused-ring (bicyclic) bond motifs is 1. The lowest BCUT2D eigenvalue weighted by Crippen LogP contribution is -2.48. The number of rotatable bonds is 3. The van der Waals surface area contributed by atoms with Gasteiger partial charge in [-0.05, 0) is 63.0 Å². The first kappa shape index (κ1) is 16.5. The summed E-state index contributed by atoms with van der Waals surface area (Å²) in [4.78, 5) is 15.0. The summed E-state index contributed by atoms with van der Waals surface area (Å²) in [5, 5.41) is 14.3. The zero-order valence-corrected chi connectivity index (χ0v) is 14.4. The van der Waals surface area contributed by atoms with Gasteiger partial charge >= 0.3 is 0 Å². The lowest BCUT2D eigenvalue weighted by Gasteiger charge is -2.28. The SMILES string of the molecule is Cn1c(C(=O)N[C@@H]2CC[C@@H](N3CCCC3)[C@@H]2O)cc2cc(F)ccc21. The predicted molar refractivity (Wildman–Crippen MR) is 94.0 cm³/mol. The zero-order chi connectivity index (χ0) is 17.6. The quantitative estimate of drug-likeness (QED) is 0.895. The number of carbonyl (C=O) groups is 1. The summed E-state index contributed by atoms with van der Waals surface area (Å²) in [5.41, 5.74) is 1.30. The minimum absolute atomic E-state index is 0.148. The molecule has 2 aromatic rings. The van der Waals surface area contributed by atoms with Gasteiger partial charge in [-0.3, -0.25) is 9.69 Å². The largest absolute Gasteiger partial charge is 0.389 e. The zero-order valence-electron chi connectivity index (χ0n) is 14.4. The summed E-state index contributed by atoms with van der Waals surface area (Å²) in [6, 6.07) is 6.12. The summed E-state index contributed by atoms with van der Waals surface area (Å²) >= 11 is 0. The predicted octanol–water partition coefficient (Wildman–Crippen LogP) is 2.03. The Morgan fingerprint density at radius 2 is 2.00 bits per heavy atom. The highest BCUT2D eigenvalue weighted by Crippen LogP contribution is 2.28. The second-order valence-electron chi connectivity index (χ2n) is 7.25. The number of aliphatic hydroxyl groups is 1. The number of aromatic nitrogens is 1. The first-order chi connectivity index (χ1) is 12.0. The Labute approximate surface area is 146 Å². The van der Waals surface area contributed by atoms with E-state index in [0.29, 0.717) is 11.1 Å². The van der Waals surface area contributed by atoms with Crippen LogP contribution in [0, 0.1) is 5.82 Å². The Kier molecular flexibility index (Phi) is 4.25. The van der Waals surface area contributed by atoms with Crippen LogP contribution >= 0.6 is 0 Å². The van der Waals surface area contributed by atoms with Crippen molar-refractivity contribution in [3.63, 3.8) is 0 Å². The maximum Gasteiger partial charge on any atom is 0.268 e. The maximum absolute atomic E-state index is 13.4. The third-order valence-electron chi connectivity index (χ3n) is 5.74. The van der Waals surface area contributed by atoms with Crippen LogP contribution in [-0.2, 0) is 7.05 Å². The monoisotopic (exact) mass is 345 g/mol. The highest BCUT2D eigenvalue weighted by molar-refractivity contribution is 5.98. The topological polar surface area (TPSA) is 57.5 Å². The van der Waals surface area contributed by atoms with E-state index in [1.807, 2.05) is 0 Å². The third kappa shape index (κ3) is 2.93. The molecule has 6 heteroatoms. The fourth-order valence-electron chi connectivity index (χ4n) is 4.37. The third-order valence-corrected chi connectivity index (χ3v) is 5.74. The number of hydrogen-bond acceptors (Lipinski definition) is 3. The summed E-state index contributed by atoms with van der Waals surface area (Å²) in [5.74, 6) is -0.532. The molecule has 5 nitrogen and oxygen atoms in total. The van der Waals surface area contributed by atoms with E-state index in [0.717, 1.165) is 31.4 Å². The minimum Gasteiger partial charge on any atom is -0.389 e. The van der Waals surface area contributed by atoms with E-state index in [2.05, 4.69) is 10.2 Å². The van der Waals surface area contributed by atoms with Crippen molar-refractivity contribution < 1.29 is 14.3 Å². The van der Waals surface area contributed by atoms with Crippen LogP contribution in [0.4, 0.5) is 4.39 Å². The first-order valence-corrected chi connectivity index (χ1v) is 9.02. The van der Waals surface area contributed by atoms with Crippen LogP contribution in [0.25, 0.3) is 10.9 Å². The molecule has 1 amide bonds. The van der Waals surface area contributed by atoms with Gasteiger partial charge in [-0.1, -0.05) is 0 Å². The maximum atomic E-state index is 13.4. The molecule has 1 aliphatic heterocycles. The van der Waals surface area contributed by atoms with Crippen LogP contribution in [0.5, 0.6) is 0 Å². The summed E-state index contributed by atoms with van der Waals surface area (Å²) in [7, 11) is 1.80. The number of halogens is 1. The number of likely N-dealkylation sites (tertiary alicyclic amines) is 1. The standard InChI is InChI=1S/C19H24FN3O2/c1-22-15-6-4-13(20)10-12(15)11-17(22)19(25)21-14-5-7-16(18(14)24)23-8-2-3-9-23/h4,6,10-11,14,16,18,24H,2-3,5,7-9H2,1H3,(H,21,25)/t14-,16-,18-/m1/s1. The Balaban J connectivity index is 1.49. The minimum atomic E-state index is -0.533. The first-order valence-electron chi connectivity index (χ1n) is 9.02. The van der Waals surface area contributed by atoms with Gasteiger partial charge in [0.25, 0.3) is 5.91 Å². The van der Waals surface area contributed by atoms with Gasteiger partial charge in [0, 0.05) is 24.0 Å². The Bertz CT molecular complexity index is 797. The van der Waals surface area contributed by atoms with E-state index < -0.39 is 6.10 Å². The van der Waals surface area contributed by atoms with Crippen LogP contribution in [0.2, 0.25) is 0 Å². The number of aryl methyl sites for hydroxylation is 1. The number of nitrogens with one attached hydrogen (secondary N) is 1. The van der Waals surface area contributed by atoms with Crippen molar-refractivity contribution in [2.24, 2.45) is 7.05 Å². The molecule has 1 aromatic carbocycles. The van der Waals surface area contributed by atoms with E-state index in [4.69, 9.17) is 0 Å². The van der Waals surface area contributed by atoms with Crippen LogP contribution in [0.1, 0.15) is 36.2 Å². The van der Waals surface area contributed by atoms with Crippen LogP contribution < -0.4 is 5.32 Å². The molecule has 4 rings (SSSR count). The van der Waals surface area contributed by atoms with Gasteiger partial charge in [0.15, 0.2) is 0 Å². The van der Waals surface area contributed by atoms with Crippen LogP contribution in [-0.4, -0.2) is 51.8 Å². The molecule has 2 heterocycles. The molecule has 1 saturated carbocycles. The molecule has 1 aliphatic carbocycles. The highest BCUT2D eigenvalue weighted by atomic mass is 19.1. The van der Waals surface area contributed by atoms with Gasteiger partial charge in [-0.15, -0.1) is 0 Å². The van der Waals surface area contributed by atoms with Crippen molar-refractivity contribution in [1.29, 1.82) is 0 Å². The molecule has 1 saturated heterocycles. The molecule has 3 atom stereocenters. The van der Waals surface area contributed by atoms with Crippen molar-refractivity contribution in [3.8, 4) is 0 Å². The van der Waals surface area contributed by atoms with Gasteiger partial charge in [0.1, 0.15) is 11.5 Å². The molecule has 1 aromatic heterocycles. The Hall–Kier alpha value is -1.92. The average molecular weight is 345 g/mol. The van der Waals surface area contributed by atoms with E-state index in [1.165, 1.54) is 25.0 Å². The van der Waals surface area contributed by atoms with E-state index in [1.54, 1.807) is 23.7 Å². The van der Waals surface area contributed by atoms with Crippen LogP contribution in [0.15, 0.2) is 24.3 Å². The molecule has 2 N–H and O–H groups in total. The number of aliphatic hydroxyl groups excluding tert-OH is 1. The molecule has 2 fully saturated rings. The van der Waals surface area contributed by atoms with Gasteiger partial charge in [-0.2, -0.15) is 0 Å². The van der Waals surface area contributed by atoms with E-state index in [9.17, 15) is 14.3 Å². The molecule has 0 bridgehead atoms. The molecule has 2 aliphatic rings. The molecular formula is C19H24FN3O2. The smallest absolute Gasteiger partial charge is 0.268 e. The molecule has 0 unspecified atom stereocenters. The number of hydrogen-bond donors (Lipinski definition) is 2. The normalized spacial score (nSPS) is 27.2. The molecular weight excluding hydrogens is 321 g/mol. The Morgan fingerprint density at radius 3 is 2.76 bits per heavy atom. The second-order valence-corrected chi connectivity index (χ2v) is 7.25. The molecule has 25 heavy (non-hydrogen) atoms. The Morgan fingerprint density at radius 1 is 1.24 bits per heavy atom. The van der Waals surface area contributed by atoms with Crippen molar-refractivity contribution in [1.82, 2.24) is 14.8 Å². The van der Waals surface area contributed by atoms with Gasteiger partial charge in [-0.25, -0.2) is 4.39 Å². The van der Waals surface area contributed by atoms with Crippen molar-refractivity contribution in [2.75, 3.05) is 13.1 Å². The summed E-state index contributed by atoms with van der Waals surface area (Å²) in [6.45, 7) is 2.08. The highest BCUT2D eigenvalue weighted by Gasteiger charge is 2.39. The van der Waals surface area contributed by atoms with Gasteiger partial charge in [0.2, 0.25) is 0 Å². The van der Waals surface area contributed by atoms with Crippen molar-refractivity contribution in [2.45, 2.75) is 43.9 Å². The van der Waals surface area contributed by atoms with E-state index in [-0.39, 0.29) is 23.8 Å². The van der Waals surface area contributed by atoms with Crippen molar-refractivity contribution in [3.05, 3.63) is 35.8 Å². The lowest BCUT2D eigenvalue weighted by molar-refractivity contribution is 0.0617.